The molecule has 0 aliphatic heterocycles. The van der Waals surface area contributed by atoms with Gasteiger partial charge in [0.1, 0.15) is 22.8 Å². The number of halogens is 3. The maximum atomic E-state index is 12.9. The van der Waals surface area contributed by atoms with E-state index < -0.39 is 0 Å². The van der Waals surface area contributed by atoms with Crippen LogP contribution in [-0.2, 0) is 6.54 Å². The van der Waals surface area contributed by atoms with Gasteiger partial charge in [-0.2, -0.15) is 0 Å². The van der Waals surface area contributed by atoms with Crippen LogP contribution in [-0.4, -0.2) is 30.1 Å². The van der Waals surface area contributed by atoms with Gasteiger partial charge in [0.05, 0.1) is 13.1 Å². The summed E-state index contributed by atoms with van der Waals surface area (Å²) < 4.78 is 18.6. The molecule has 0 spiro atoms. The maximum absolute atomic E-state index is 12.9. The molecule has 26 heavy (non-hydrogen) atoms. The van der Waals surface area contributed by atoms with Crippen molar-refractivity contribution in [3.63, 3.8) is 0 Å². The molecular weight excluding hydrogens is 470 g/mol. The van der Waals surface area contributed by atoms with Gasteiger partial charge in [0.15, 0.2) is 5.96 Å². The molecule has 2 N–H and O–H groups in total. The number of nitrogens with zero attached hydrogens (tertiary/aromatic N) is 2. The Morgan fingerprint density at radius 3 is 2.58 bits per heavy atom. The molecule has 0 fully saturated rings. The standard InChI is InChI=1S/C18H22ClFN4O.HI/c1-3-21-18(24-12-14-4-9-17(19)22-11-14)23-10-13(2)25-16-7-5-15(20)6-8-16;/h4-9,11,13H,3,10,12H2,1-2H3,(H2,21,23,24);1H. The van der Waals surface area contributed by atoms with Crippen molar-refractivity contribution in [2.75, 3.05) is 13.1 Å². The fourth-order valence-corrected chi connectivity index (χ4v) is 2.15. The number of rotatable bonds is 7. The van der Waals surface area contributed by atoms with Crippen LogP contribution in [0.15, 0.2) is 47.6 Å². The van der Waals surface area contributed by atoms with Crippen molar-refractivity contribution in [3.8, 4) is 5.75 Å². The minimum absolute atomic E-state index is 0. The summed E-state index contributed by atoms with van der Waals surface area (Å²) in [5, 5.41) is 6.87. The summed E-state index contributed by atoms with van der Waals surface area (Å²) in [7, 11) is 0. The van der Waals surface area contributed by atoms with Crippen molar-refractivity contribution < 1.29 is 9.13 Å². The molecule has 5 nitrogen and oxygen atoms in total. The van der Waals surface area contributed by atoms with E-state index in [0.29, 0.717) is 30.0 Å². The van der Waals surface area contributed by atoms with Gasteiger partial charge in [0.2, 0.25) is 0 Å². The SMILES string of the molecule is CCNC(=NCc1ccc(Cl)nc1)NCC(C)Oc1ccc(F)cc1.I. The number of aliphatic imine (C=N–C) groups is 1. The summed E-state index contributed by atoms with van der Waals surface area (Å²) in [6, 6.07) is 9.60. The van der Waals surface area contributed by atoms with Gasteiger partial charge in [-0.3, -0.25) is 0 Å². The van der Waals surface area contributed by atoms with Gasteiger partial charge in [-0.1, -0.05) is 17.7 Å². The number of aromatic nitrogens is 1. The van der Waals surface area contributed by atoms with Crippen molar-refractivity contribution in [3.05, 3.63) is 59.1 Å². The Morgan fingerprint density at radius 2 is 1.96 bits per heavy atom. The van der Waals surface area contributed by atoms with E-state index in [4.69, 9.17) is 16.3 Å². The first kappa shape index (κ1) is 22.4. The minimum Gasteiger partial charge on any atom is -0.489 e. The maximum Gasteiger partial charge on any atom is 0.191 e. The first-order chi connectivity index (χ1) is 12.1. The van der Waals surface area contributed by atoms with Crippen molar-refractivity contribution in [1.82, 2.24) is 15.6 Å². The molecule has 0 saturated heterocycles. The van der Waals surface area contributed by atoms with E-state index in [1.54, 1.807) is 24.4 Å². The first-order valence-electron chi connectivity index (χ1n) is 8.11. The Morgan fingerprint density at radius 1 is 1.23 bits per heavy atom. The highest BCUT2D eigenvalue weighted by Gasteiger charge is 2.06. The fourth-order valence-electron chi connectivity index (χ4n) is 2.04. The minimum atomic E-state index is -0.281. The normalized spacial score (nSPS) is 12.1. The zero-order valence-corrected chi connectivity index (χ0v) is 17.8. The molecule has 2 aromatic rings. The van der Waals surface area contributed by atoms with Gasteiger partial charge in [0, 0.05) is 12.7 Å². The van der Waals surface area contributed by atoms with E-state index in [9.17, 15) is 4.39 Å². The van der Waals surface area contributed by atoms with Gasteiger partial charge < -0.3 is 15.4 Å². The van der Waals surface area contributed by atoms with Crippen LogP contribution in [0.4, 0.5) is 4.39 Å². The Bertz CT molecular complexity index is 683. The average molecular weight is 493 g/mol. The number of nitrogens with one attached hydrogen (secondary N) is 2. The number of guanidine groups is 1. The van der Waals surface area contributed by atoms with Crippen LogP contribution in [0.2, 0.25) is 5.15 Å². The highest BCUT2D eigenvalue weighted by molar-refractivity contribution is 14.0. The van der Waals surface area contributed by atoms with E-state index in [-0.39, 0.29) is 35.9 Å². The largest absolute Gasteiger partial charge is 0.489 e. The third kappa shape index (κ3) is 8.18. The summed E-state index contributed by atoms with van der Waals surface area (Å²) in [5.41, 5.74) is 0.970. The predicted molar refractivity (Wildman–Crippen MR) is 114 cm³/mol. The Labute approximate surface area is 175 Å². The van der Waals surface area contributed by atoms with Crippen molar-refractivity contribution in [1.29, 1.82) is 0 Å². The molecule has 0 saturated carbocycles. The second kappa shape index (κ2) is 11.9. The number of benzene rings is 1. The summed E-state index contributed by atoms with van der Waals surface area (Å²) in [5.74, 6) is 1.04. The number of pyridine rings is 1. The van der Waals surface area contributed by atoms with Crippen LogP contribution >= 0.6 is 35.6 Å². The molecule has 0 amide bonds. The molecule has 0 aliphatic rings. The number of ether oxygens (including phenoxy) is 1. The van der Waals surface area contributed by atoms with Crippen LogP contribution in [0, 0.1) is 5.82 Å². The molecule has 1 aromatic carbocycles. The molecule has 8 heteroatoms. The van der Waals surface area contributed by atoms with Crippen LogP contribution in [0.25, 0.3) is 0 Å². The van der Waals surface area contributed by atoms with Crippen LogP contribution in [0.5, 0.6) is 5.75 Å². The Kier molecular flexibility index (Phi) is 10.3. The average Bonchev–Trinajstić information content (AvgIpc) is 2.61. The van der Waals surface area contributed by atoms with Crippen molar-refractivity contribution >= 4 is 41.5 Å². The lowest BCUT2D eigenvalue weighted by atomic mass is 10.3. The fraction of sp³-hybridized carbons (Fsp3) is 0.333. The van der Waals surface area contributed by atoms with Gasteiger partial charge in [-0.15, -0.1) is 24.0 Å². The lowest BCUT2D eigenvalue weighted by Crippen LogP contribution is -2.41. The molecule has 1 heterocycles. The Balaban J connectivity index is 0.00000338. The summed E-state index contributed by atoms with van der Waals surface area (Å²) >= 11 is 5.78. The molecule has 1 aromatic heterocycles. The third-order valence-electron chi connectivity index (χ3n) is 3.26. The highest BCUT2D eigenvalue weighted by Crippen LogP contribution is 2.12. The second-order valence-corrected chi connectivity index (χ2v) is 5.83. The molecular formula is C18H23ClFIN4O. The zero-order chi connectivity index (χ0) is 18.1. The quantitative estimate of drug-likeness (QED) is 0.265. The molecule has 1 unspecified atom stereocenters. The van der Waals surface area contributed by atoms with Crippen molar-refractivity contribution in [2.45, 2.75) is 26.5 Å². The van der Waals surface area contributed by atoms with Gasteiger partial charge in [-0.25, -0.2) is 14.4 Å². The summed E-state index contributed by atoms with van der Waals surface area (Å²) in [4.78, 5) is 8.55. The molecule has 0 aliphatic carbocycles. The van der Waals surface area contributed by atoms with Gasteiger partial charge in [0.25, 0.3) is 0 Å². The second-order valence-electron chi connectivity index (χ2n) is 5.45. The monoisotopic (exact) mass is 492 g/mol. The molecule has 0 bridgehead atoms. The van der Waals surface area contributed by atoms with E-state index in [2.05, 4.69) is 20.6 Å². The van der Waals surface area contributed by atoms with Crippen LogP contribution in [0.3, 0.4) is 0 Å². The van der Waals surface area contributed by atoms with E-state index in [1.165, 1.54) is 12.1 Å². The van der Waals surface area contributed by atoms with Crippen LogP contribution in [0.1, 0.15) is 19.4 Å². The molecule has 0 radical (unpaired) electrons. The molecule has 1 atom stereocenters. The van der Waals surface area contributed by atoms with Gasteiger partial charge >= 0.3 is 0 Å². The van der Waals surface area contributed by atoms with E-state index in [1.807, 2.05) is 19.9 Å². The third-order valence-corrected chi connectivity index (χ3v) is 3.48. The van der Waals surface area contributed by atoms with Crippen molar-refractivity contribution in [2.24, 2.45) is 4.99 Å². The number of hydrogen-bond acceptors (Lipinski definition) is 3. The Hall–Kier alpha value is -1.61. The lowest BCUT2D eigenvalue weighted by Gasteiger charge is -2.17. The highest BCUT2D eigenvalue weighted by atomic mass is 127. The molecule has 2 rings (SSSR count). The summed E-state index contributed by atoms with van der Waals surface area (Å²) in [6.07, 6.45) is 1.60. The van der Waals surface area contributed by atoms with E-state index >= 15 is 0 Å². The summed E-state index contributed by atoms with van der Waals surface area (Å²) in [6.45, 7) is 5.73. The zero-order valence-electron chi connectivity index (χ0n) is 14.7. The predicted octanol–water partition coefficient (Wildman–Crippen LogP) is 4.01. The molecule has 142 valence electrons. The topological polar surface area (TPSA) is 58.5 Å². The first-order valence-corrected chi connectivity index (χ1v) is 8.49. The van der Waals surface area contributed by atoms with E-state index in [0.717, 1.165) is 12.1 Å². The van der Waals surface area contributed by atoms with Crippen LogP contribution < -0.4 is 15.4 Å². The lowest BCUT2D eigenvalue weighted by molar-refractivity contribution is 0.223. The van der Waals surface area contributed by atoms with Gasteiger partial charge in [-0.05, 0) is 49.7 Å². The smallest absolute Gasteiger partial charge is 0.191 e. The number of hydrogen-bond donors (Lipinski definition) is 2.